The van der Waals surface area contributed by atoms with Gasteiger partial charge in [0.1, 0.15) is 0 Å². The molecule has 3 amide bonds. The largest absolute Gasteiger partial charge is 0.353 e. The van der Waals surface area contributed by atoms with Crippen molar-refractivity contribution in [2.45, 2.75) is 71.3 Å². The zero-order valence-corrected chi connectivity index (χ0v) is 16.9. The first-order valence-electron chi connectivity index (χ1n) is 10.9. The molecule has 0 aromatic rings. The van der Waals surface area contributed by atoms with E-state index in [1.165, 1.54) is 0 Å². The van der Waals surface area contributed by atoms with Gasteiger partial charge in [0.2, 0.25) is 17.7 Å². The summed E-state index contributed by atoms with van der Waals surface area (Å²) in [6.45, 7) is 6.98. The van der Waals surface area contributed by atoms with E-state index in [1.54, 1.807) is 0 Å². The standard InChI is InChI=1S/C21H35N3O3/c1-3-15(4-2)20(26)23-12-9-18(10-13-23)22-19(25)17-6-5-11-24(14-17)21(27)16-7-8-16/h15-18H,3-14H2,1-2H3,(H,22,25). The van der Waals surface area contributed by atoms with E-state index in [-0.39, 0.29) is 41.5 Å². The zero-order chi connectivity index (χ0) is 19.4. The summed E-state index contributed by atoms with van der Waals surface area (Å²) >= 11 is 0. The molecule has 2 heterocycles. The molecular formula is C21H35N3O3. The lowest BCUT2D eigenvalue weighted by atomic mass is 9.95. The van der Waals surface area contributed by atoms with Gasteiger partial charge in [-0.3, -0.25) is 14.4 Å². The fraction of sp³-hybridized carbons (Fsp3) is 0.857. The Labute approximate surface area is 163 Å². The van der Waals surface area contributed by atoms with E-state index < -0.39 is 0 Å². The van der Waals surface area contributed by atoms with Crippen LogP contribution >= 0.6 is 0 Å². The summed E-state index contributed by atoms with van der Waals surface area (Å²) in [5.74, 6) is 0.892. The minimum Gasteiger partial charge on any atom is -0.353 e. The van der Waals surface area contributed by atoms with Crippen LogP contribution in [0.1, 0.15) is 65.2 Å². The molecule has 2 aliphatic heterocycles. The molecule has 3 rings (SSSR count). The predicted molar refractivity (Wildman–Crippen MR) is 104 cm³/mol. The van der Waals surface area contributed by atoms with Crippen molar-refractivity contribution in [2.24, 2.45) is 17.8 Å². The lowest BCUT2D eigenvalue weighted by Crippen LogP contribution is -2.51. The Morgan fingerprint density at radius 2 is 1.56 bits per heavy atom. The van der Waals surface area contributed by atoms with Crippen molar-refractivity contribution in [1.82, 2.24) is 15.1 Å². The third-order valence-corrected chi connectivity index (χ3v) is 6.52. The van der Waals surface area contributed by atoms with Crippen molar-refractivity contribution >= 4 is 17.7 Å². The van der Waals surface area contributed by atoms with Crippen molar-refractivity contribution in [3.63, 3.8) is 0 Å². The molecule has 0 aromatic carbocycles. The highest BCUT2D eigenvalue weighted by atomic mass is 16.2. The summed E-state index contributed by atoms with van der Waals surface area (Å²) in [5, 5.41) is 3.19. The molecule has 0 bridgehead atoms. The van der Waals surface area contributed by atoms with E-state index in [4.69, 9.17) is 0 Å². The molecule has 0 radical (unpaired) electrons. The molecule has 3 aliphatic rings. The minimum atomic E-state index is -0.0781. The van der Waals surface area contributed by atoms with Gasteiger partial charge in [0, 0.05) is 44.1 Å². The number of nitrogens with one attached hydrogen (secondary N) is 1. The van der Waals surface area contributed by atoms with E-state index in [9.17, 15) is 14.4 Å². The number of carbonyl (C=O) groups excluding carboxylic acids is 3. The Bertz CT molecular complexity index is 549. The fourth-order valence-electron chi connectivity index (χ4n) is 4.44. The number of hydrogen-bond acceptors (Lipinski definition) is 3. The zero-order valence-electron chi connectivity index (χ0n) is 16.9. The van der Waals surface area contributed by atoms with Crippen molar-refractivity contribution in [1.29, 1.82) is 0 Å². The number of rotatable bonds is 6. The van der Waals surface area contributed by atoms with Gasteiger partial charge in [0.25, 0.3) is 0 Å². The Balaban J connectivity index is 1.43. The highest BCUT2D eigenvalue weighted by molar-refractivity contribution is 5.83. The number of hydrogen-bond donors (Lipinski definition) is 1. The molecule has 1 unspecified atom stereocenters. The van der Waals surface area contributed by atoms with Gasteiger partial charge < -0.3 is 15.1 Å². The summed E-state index contributed by atoms with van der Waals surface area (Å²) in [6, 6.07) is 0.151. The molecule has 152 valence electrons. The van der Waals surface area contributed by atoms with Gasteiger partial charge in [-0.2, -0.15) is 0 Å². The molecule has 0 spiro atoms. The van der Waals surface area contributed by atoms with Gasteiger partial charge in [-0.25, -0.2) is 0 Å². The molecule has 0 aromatic heterocycles. The molecule has 6 heteroatoms. The third-order valence-electron chi connectivity index (χ3n) is 6.52. The first-order chi connectivity index (χ1) is 13.0. The number of likely N-dealkylation sites (tertiary alicyclic amines) is 2. The summed E-state index contributed by atoms with van der Waals surface area (Å²) in [7, 11) is 0. The molecular weight excluding hydrogens is 342 g/mol. The summed E-state index contributed by atoms with van der Waals surface area (Å²) in [6.07, 6.45) is 7.25. The second kappa shape index (κ2) is 9.07. The molecule has 3 fully saturated rings. The molecule has 2 saturated heterocycles. The third kappa shape index (κ3) is 5.02. The quantitative estimate of drug-likeness (QED) is 0.771. The maximum absolute atomic E-state index is 12.7. The number of amides is 3. The first-order valence-corrected chi connectivity index (χ1v) is 10.9. The monoisotopic (exact) mass is 377 g/mol. The van der Waals surface area contributed by atoms with Crippen LogP contribution in [0, 0.1) is 17.8 Å². The van der Waals surface area contributed by atoms with Gasteiger partial charge in [-0.15, -0.1) is 0 Å². The number of nitrogens with zero attached hydrogens (tertiary/aromatic N) is 2. The average molecular weight is 378 g/mol. The van der Waals surface area contributed by atoms with Crippen LogP contribution < -0.4 is 5.32 Å². The Morgan fingerprint density at radius 1 is 0.889 bits per heavy atom. The maximum Gasteiger partial charge on any atom is 0.225 e. The lowest BCUT2D eigenvalue weighted by molar-refractivity contribution is -0.137. The summed E-state index contributed by atoms with van der Waals surface area (Å²) < 4.78 is 0. The van der Waals surface area contributed by atoms with Crippen LogP contribution in [0.25, 0.3) is 0 Å². The molecule has 1 aliphatic carbocycles. The topological polar surface area (TPSA) is 69.7 Å². The lowest BCUT2D eigenvalue weighted by Gasteiger charge is -2.36. The van der Waals surface area contributed by atoms with Gasteiger partial charge in [-0.05, 0) is 51.4 Å². The van der Waals surface area contributed by atoms with Crippen molar-refractivity contribution in [3.05, 3.63) is 0 Å². The predicted octanol–water partition coefficient (Wildman–Crippen LogP) is 2.18. The van der Waals surface area contributed by atoms with E-state index in [0.29, 0.717) is 6.54 Å². The van der Waals surface area contributed by atoms with Crippen molar-refractivity contribution in [2.75, 3.05) is 26.2 Å². The normalized spacial score (nSPS) is 24.2. The summed E-state index contributed by atoms with van der Waals surface area (Å²) in [4.78, 5) is 41.4. The number of piperidine rings is 2. The fourth-order valence-corrected chi connectivity index (χ4v) is 4.44. The van der Waals surface area contributed by atoms with Crippen LogP contribution in [0.3, 0.4) is 0 Å². The van der Waals surface area contributed by atoms with Crippen LogP contribution in [0.4, 0.5) is 0 Å². The van der Waals surface area contributed by atoms with Gasteiger partial charge in [0.05, 0.1) is 5.92 Å². The van der Waals surface area contributed by atoms with E-state index in [1.807, 2.05) is 9.80 Å². The Hall–Kier alpha value is -1.59. The molecule has 1 atom stereocenters. The maximum atomic E-state index is 12.7. The van der Waals surface area contributed by atoms with E-state index >= 15 is 0 Å². The minimum absolute atomic E-state index is 0.0781. The van der Waals surface area contributed by atoms with Crippen molar-refractivity contribution < 1.29 is 14.4 Å². The molecule has 6 nitrogen and oxygen atoms in total. The SMILES string of the molecule is CCC(CC)C(=O)N1CCC(NC(=O)C2CCCN(C(=O)C3CC3)C2)CC1. The highest BCUT2D eigenvalue weighted by Gasteiger charge is 2.37. The van der Waals surface area contributed by atoms with E-state index in [0.717, 1.165) is 71.0 Å². The number of carbonyl (C=O) groups is 3. The highest BCUT2D eigenvalue weighted by Crippen LogP contribution is 2.32. The van der Waals surface area contributed by atoms with Crippen LogP contribution in [-0.2, 0) is 14.4 Å². The Morgan fingerprint density at radius 3 is 2.15 bits per heavy atom. The molecule has 27 heavy (non-hydrogen) atoms. The van der Waals surface area contributed by atoms with Gasteiger partial charge in [-0.1, -0.05) is 13.8 Å². The second-order valence-electron chi connectivity index (χ2n) is 8.52. The van der Waals surface area contributed by atoms with E-state index in [2.05, 4.69) is 19.2 Å². The van der Waals surface area contributed by atoms with Gasteiger partial charge >= 0.3 is 0 Å². The second-order valence-corrected chi connectivity index (χ2v) is 8.52. The van der Waals surface area contributed by atoms with Gasteiger partial charge in [0.15, 0.2) is 0 Å². The first kappa shape index (κ1) is 20.2. The van der Waals surface area contributed by atoms with Crippen LogP contribution in [-0.4, -0.2) is 59.7 Å². The average Bonchev–Trinajstić information content (AvgIpc) is 3.54. The molecule has 1 N–H and O–H groups in total. The smallest absolute Gasteiger partial charge is 0.225 e. The summed E-state index contributed by atoms with van der Waals surface area (Å²) in [5.41, 5.74) is 0. The van der Waals surface area contributed by atoms with Crippen molar-refractivity contribution in [3.8, 4) is 0 Å². The van der Waals surface area contributed by atoms with Crippen LogP contribution in [0.5, 0.6) is 0 Å². The van der Waals surface area contributed by atoms with Crippen LogP contribution in [0.15, 0.2) is 0 Å². The van der Waals surface area contributed by atoms with Crippen LogP contribution in [0.2, 0.25) is 0 Å². The molecule has 1 saturated carbocycles. The Kier molecular flexibility index (Phi) is 6.77.